The molecule has 450 valence electrons. The zero-order valence-electron chi connectivity index (χ0n) is 40.9. The first-order valence-electron chi connectivity index (χ1n) is 24.6. The van der Waals surface area contributed by atoms with Crippen LogP contribution in [0.5, 0.6) is 0 Å². The zero-order valence-corrected chi connectivity index (χ0v) is 40.9. The van der Waals surface area contributed by atoms with E-state index in [9.17, 15) is 117 Å². The minimum Gasteiger partial charge on any atom is -0.394 e. The van der Waals surface area contributed by atoms with Crippen LogP contribution in [0.1, 0.15) is 6.92 Å². The van der Waals surface area contributed by atoms with Gasteiger partial charge in [0.1, 0.15) is 140 Å². The van der Waals surface area contributed by atoms with Gasteiger partial charge in [0.15, 0.2) is 31.5 Å². The molecule has 6 rings (SSSR count). The molecule has 34 heteroatoms. The fraction of sp³-hybridized carbons (Fsp3) is 0.953. The molecule has 5 saturated heterocycles. The van der Waals surface area contributed by atoms with Gasteiger partial charge in [-0.15, -0.1) is 0 Å². The Balaban J connectivity index is 1.07. The molecule has 6 aliphatic rings. The molecule has 5 heterocycles. The summed E-state index contributed by atoms with van der Waals surface area (Å²) in [6.45, 7) is -5.52. The SMILES string of the molecule is CC(O)C(O)C(NC1C=C(CO)C(OC2OC(CO)C(OC3OC(CO)C(OC4OC(CO)C(OC5OC(CO)C(OC6OC(CO)C(O)C(O)C6O)C(O)C5O)C(O)C4O)C(O)C3O)C(O)C2O)C(O)C1O)C(O)CO. The Bertz CT molecular complexity index is 1810. The second-order valence-corrected chi connectivity index (χ2v) is 19.6. The number of rotatable bonds is 22. The van der Waals surface area contributed by atoms with Crippen molar-refractivity contribution in [2.45, 2.75) is 209 Å². The zero-order chi connectivity index (χ0) is 57.1. The first-order valence-corrected chi connectivity index (χ1v) is 24.6. The fourth-order valence-electron chi connectivity index (χ4n) is 9.84. The summed E-state index contributed by atoms with van der Waals surface area (Å²) in [6, 6.07) is -2.85. The average molecular weight is 1130 g/mol. The summed E-state index contributed by atoms with van der Waals surface area (Å²) in [4.78, 5) is 0. The number of nitrogens with one attached hydrogen (secondary N) is 1. The van der Waals surface area contributed by atoms with Crippen molar-refractivity contribution in [2.24, 2.45) is 0 Å². The fourth-order valence-corrected chi connectivity index (χ4v) is 9.84. The summed E-state index contributed by atoms with van der Waals surface area (Å²) in [5, 5.41) is 246. The Kier molecular flexibility index (Phi) is 23.6. The van der Waals surface area contributed by atoms with Gasteiger partial charge in [0.05, 0.1) is 76.6 Å². The van der Waals surface area contributed by atoms with Crippen LogP contribution in [0.3, 0.4) is 0 Å². The quantitative estimate of drug-likeness (QED) is 0.0448. The highest BCUT2D eigenvalue weighted by Crippen LogP contribution is 2.37. The summed E-state index contributed by atoms with van der Waals surface area (Å²) in [6.07, 6.45) is -57.6. The molecule has 0 amide bonds. The predicted molar refractivity (Wildman–Crippen MR) is 238 cm³/mol. The Hall–Kier alpha value is -1.62. The number of aliphatic hydroxyl groups excluding tert-OH is 23. The van der Waals surface area contributed by atoms with Gasteiger partial charge in [-0.1, -0.05) is 6.08 Å². The minimum absolute atomic E-state index is 0.179. The van der Waals surface area contributed by atoms with E-state index < -0.39 is 248 Å². The molecule has 0 aromatic heterocycles. The van der Waals surface area contributed by atoms with E-state index in [-0.39, 0.29) is 5.57 Å². The molecule has 5 fully saturated rings. The van der Waals surface area contributed by atoms with E-state index in [1.807, 2.05) is 0 Å². The Labute approximate surface area is 436 Å². The summed E-state index contributed by atoms with van der Waals surface area (Å²) in [5.41, 5.74) is -0.179. The maximum Gasteiger partial charge on any atom is 0.187 e. The summed E-state index contributed by atoms with van der Waals surface area (Å²) in [5.74, 6) is 0. The molecule has 0 radical (unpaired) electrons. The maximum absolute atomic E-state index is 11.3. The second kappa shape index (κ2) is 28.1. The van der Waals surface area contributed by atoms with Crippen molar-refractivity contribution in [1.82, 2.24) is 5.32 Å². The van der Waals surface area contributed by atoms with Gasteiger partial charge in [0, 0.05) is 0 Å². The molecule has 34 nitrogen and oxygen atoms in total. The smallest absolute Gasteiger partial charge is 0.187 e. The molecule has 33 unspecified atom stereocenters. The van der Waals surface area contributed by atoms with Crippen LogP contribution in [0, 0.1) is 0 Å². The Morgan fingerprint density at radius 3 is 1.05 bits per heavy atom. The number of ether oxygens (including phenoxy) is 10. The Morgan fingerprint density at radius 1 is 0.416 bits per heavy atom. The molecule has 0 spiro atoms. The molecule has 0 aromatic rings. The lowest BCUT2D eigenvalue weighted by Gasteiger charge is -2.49. The van der Waals surface area contributed by atoms with E-state index in [1.165, 1.54) is 6.92 Å². The molecule has 0 aromatic carbocycles. The van der Waals surface area contributed by atoms with Gasteiger partial charge in [-0.05, 0) is 12.5 Å². The van der Waals surface area contributed by atoms with E-state index in [0.717, 1.165) is 6.08 Å². The molecule has 24 N–H and O–H groups in total. The molecule has 5 aliphatic heterocycles. The van der Waals surface area contributed by atoms with E-state index >= 15 is 0 Å². The standard InChI is InChI=1S/C43H75NO33/c1-10(52)20(54)19(13(53)4-46)44-12-2-11(3-45)34(24(58)21(12)55)73-40-30(64)25(59)36(15(6-48)69-40)75-42-32(66)27(61)38(17(8-50)71-42)77-43-33(67)28(62)37(18(9-51)72-43)76-41-31(65)26(60)35(16(7-49)70-41)74-39-29(63)23(57)22(56)14(5-47)68-39/h2,10,12-67H,3-9H2,1H3. The number of hydrogen-bond donors (Lipinski definition) is 24. The van der Waals surface area contributed by atoms with Crippen molar-refractivity contribution in [3.8, 4) is 0 Å². The van der Waals surface area contributed by atoms with Crippen molar-refractivity contribution in [1.29, 1.82) is 0 Å². The van der Waals surface area contributed by atoms with Crippen LogP contribution in [-0.2, 0) is 47.4 Å². The lowest BCUT2D eigenvalue weighted by molar-refractivity contribution is -0.394. The van der Waals surface area contributed by atoms with Crippen LogP contribution in [0.25, 0.3) is 0 Å². The summed E-state index contributed by atoms with van der Waals surface area (Å²) in [7, 11) is 0. The highest BCUT2D eigenvalue weighted by atomic mass is 16.8. The predicted octanol–water partition coefficient (Wildman–Crippen LogP) is -15.5. The van der Waals surface area contributed by atoms with Crippen LogP contribution in [-0.4, -0.2) is 366 Å². The molecule has 0 bridgehead atoms. The van der Waals surface area contributed by atoms with Crippen LogP contribution >= 0.6 is 0 Å². The van der Waals surface area contributed by atoms with E-state index in [4.69, 9.17) is 47.4 Å². The number of hydrogen-bond acceptors (Lipinski definition) is 34. The average Bonchev–Trinajstić information content (AvgIpc) is 3.42. The summed E-state index contributed by atoms with van der Waals surface area (Å²) >= 11 is 0. The van der Waals surface area contributed by atoms with Crippen molar-refractivity contribution in [2.75, 3.05) is 46.2 Å². The lowest BCUT2D eigenvalue weighted by atomic mass is 9.86. The van der Waals surface area contributed by atoms with Gasteiger partial charge in [-0.3, -0.25) is 0 Å². The minimum atomic E-state index is -2.21. The molecular formula is C43H75NO33. The normalized spacial score (nSPS) is 48.7. The third kappa shape index (κ3) is 13.7. The largest absolute Gasteiger partial charge is 0.394 e. The highest BCUT2D eigenvalue weighted by molar-refractivity contribution is 5.23. The van der Waals surface area contributed by atoms with Crippen molar-refractivity contribution in [3.05, 3.63) is 11.6 Å². The van der Waals surface area contributed by atoms with Crippen LogP contribution in [0.4, 0.5) is 0 Å². The van der Waals surface area contributed by atoms with Crippen molar-refractivity contribution < 1.29 is 165 Å². The molecule has 1 aliphatic carbocycles. The van der Waals surface area contributed by atoms with Gasteiger partial charge in [0.25, 0.3) is 0 Å². The topological polar surface area (TPSA) is 570 Å². The Morgan fingerprint density at radius 2 is 0.740 bits per heavy atom. The maximum atomic E-state index is 11.3. The van der Waals surface area contributed by atoms with E-state index in [2.05, 4.69) is 5.32 Å². The first kappa shape index (κ1) is 64.5. The van der Waals surface area contributed by atoms with E-state index in [0.29, 0.717) is 0 Å². The van der Waals surface area contributed by atoms with Gasteiger partial charge in [0.2, 0.25) is 0 Å². The molecule has 33 atom stereocenters. The van der Waals surface area contributed by atoms with Crippen LogP contribution in [0.15, 0.2) is 11.6 Å². The van der Waals surface area contributed by atoms with Gasteiger partial charge in [-0.25, -0.2) is 0 Å². The van der Waals surface area contributed by atoms with Crippen molar-refractivity contribution in [3.63, 3.8) is 0 Å². The lowest BCUT2D eigenvalue weighted by Crippen LogP contribution is -2.68. The van der Waals surface area contributed by atoms with E-state index in [1.54, 1.807) is 0 Å². The van der Waals surface area contributed by atoms with Gasteiger partial charge >= 0.3 is 0 Å². The number of aliphatic hydroxyl groups is 23. The van der Waals surface area contributed by atoms with Gasteiger partial charge in [-0.2, -0.15) is 0 Å². The van der Waals surface area contributed by atoms with Crippen LogP contribution < -0.4 is 5.32 Å². The first-order chi connectivity index (χ1) is 36.4. The monoisotopic (exact) mass is 1130 g/mol. The third-order valence-corrected chi connectivity index (χ3v) is 14.4. The third-order valence-electron chi connectivity index (χ3n) is 14.4. The van der Waals surface area contributed by atoms with Crippen molar-refractivity contribution >= 4 is 0 Å². The molecular weight excluding hydrogens is 1060 g/mol. The molecule has 0 saturated carbocycles. The molecule has 77 heavy (non-hydrogen) atoms. The second-order valence-electron chi connectivity index (χ2n) is 19.6. The highest BCUT2D eigenvalue weighted by Gasteiger charge is 2.57. The summed E-state index contributed by atoms with van der Waals surface area (Å²) < 4.78 is 56.0. The van der Waals surface area contributed by atoms with Gasteiger partial charge < -0.3 is 170 Å². The van der Waals surface area contributed by atoms with Crippen LogP contribution in [0.2, 0.25) is 0 Å².